The molecule has 1 saturated carbocycles. The fraction of sp³-hybridized carbons (Fsp3) is 0.360. The molecule has 3 aromatic rings. The molecule has 1 aliphatic carbocycles. The Hall–Kier alpha value is -3.19. The molecule has 166 valence electrons. The van der Waals surface area contributed by atoms with Gasteiger partial charge >= 0.3 is 5.97 Å². The molecule has 0 bridgehead atoms. The highest BCUT2D eigenvalue weighted by Gasteiger charge is 2.37. The molecule has 2 heterocycles. The Morgan fingerprint density at radius 2 is 1.78 bits per heavy atom. The molecule has 7 heteroatoms. The van der Waals surface area contributed by atoms with Crippen molar-refractivity contribution in [3.05, 3.63) is 54.0 Å². The van der Waals surface area contributed by atoms with Crippen molar-refractivity contribution in [2.45, 2.75) is 37.7 Å². The summed E-state index contributed by atoms with van der Waals surface area (Å²) >= 11 is 0. The van der Waals surface area contributed by atoms with E-state index < -0.39 is 11.9 Å². The first-order valence-electron chi connectivity index (χ1n) is 10.9. The van der Waals surface area contributed by atoms with Crippen LogP contribution in [-0.2, 0) is 9.53 Å². The van der Waals surface area contributed by atoms with E-state index in [9.17, 15) is 19.4 Å². The van der Waals surface area contributed by atoms with Crippen LogP contribution in [0.1, 0.15) is 37.3 Å². The van der Waals surface area contributed by atoms with Crippen molar-refractivity contribution in [2.24, 2.45) is 5.92 Å². The van der Waals surface area contributed by atoms with Crippen LogP contribution in [0.25, 0.3) is 21.9 Å². The van der Waals surface area contributed by atoms with Gasteiger partial charge in [0.15, 0.2) is 0 Å². The Balaban J connectivity index is 1.65. The van der Waals surface area contributed by atoms with Gasteiger partial charge in [-0.15, -0.1) is 0 Å². The largest absolute Gasteiger partial charge is 0.508 e. The van der Waals surface area contributed by atoms with E-state index in [0.29, 0.717) is 37.3 Å². The Labute approximate surface area is 184 Å². The summed E-state index contributed by atoms with van der Waals surface area (Å²) in [6.45, 7) is 1.28. The third kappa shape index (κ3) is 3.88. The molecule has 6 nitrogen and oxygen atoms in total. The summed E-state index contributed by atoms with van der Waals surface area (Å²) in [7, 11) is 0. The minimum absolute atomic E-state index is 0.0880. The maximum atomic E-state index is 13.6. The monoisotopic (exact) mass is 437 g/mol. The van der Waals surface area contributed by atoms with Gasteiger partial charge in [0, 0.05) is 30.1 Å². The molecule has 0 radical (unpaired) electrons. The lowest BCUT2D eigenvalue weighted by Gasteiger charge is -2.33. The number of pyridine rings is 1. The highest BCUT2D eigenvalue weighted by atomic mass is 19.1. The number of carboxylic acids is 1. The van der Waals surface area contributed by atoms with Crippen LogP contribution in [-0.4, -0.2) is 40.5 Å². The van der Waals surface area contributed by atoms with E-state index in [1.165, 1.54) is 12.1 Å². The van der Waals surface area contributed by atoms with Crippen LogP contribution < -0.4 is 4.74 Å². The lowest BCUT2D eigenvalue weighted by molar-refractivity contribution is -0.148. The fourth-order valence-electron chi connectivity index (χ4n) is 4.59. The van der Waals surface area contributed by atoms with Crippen molar-refractivity contribution < 1.29 is 28.9 Å². The standard InChI is InChI=1S/C25H24FNO5/c26-17-3-1-14(2-4-17)22-20-6-5-18(28)13-21(20)24(32-19-11-16(12-19)25(29)30)27-23(22)15-7-9-31-10-8-15/h1-6,13,15-16,19,28H,7-12H2,(H,29,30)/t16-,19-. The van der Waals surface area contributed by atoms with Gasteiger partial charge in [0.05, 0.1) is 11.6 Å². The molecule has 2 aliphatic rings. The van der Waals surface area contributed by atoms with Gasteiger partial charge < -0.3 is 19.7 Å². The van der Waals surface area contributed by atoms with E-state index in [1.807, 2.05) is 6.07 Å². The molecule has 2 aromatic carbocycles. The zero-order valence-corrected chi connectivity index (χ0v) is 17.5. The lowest BCUT2D eigenvalue weighted by Crippen LogP contribution is -2.38. The number of halogens is 1. The quantitative estimate of drug-likeness (QED) is 0.591. The number of carboxylic acid groups (broad SMARTS) is 1. The number of nitrogens with zero attached hydrogens (tertiary/aromatic N) is 1. The number of aromatic hydroxyl groups is 1. The van der Waals surface area contributed by atoms with Gasteiger partial charge in [-0.05, 0) is 67.0 Å². The third-order valence-corrected chi connectivity index (χ3v) is 6.44. The van der Waals surface area contributed by atoms with Crippen molar-refractivity contribution in [2.75, 3.05) is 13.2 Å². The number of aliphatic carboxylic acids is 1. The van der Waals surface area contributed by atoms with Crippen LogP contribution in [0.5, 0.6) is 11.6 Å². The lowest BCUT2D eigenvalue weighted by atomic mass is 9.82. The van der Waals surface area contributed by atoms with E-state index in [0.717, 1.165) is 35.0 Å². The molecule has 1 aromatic heterocycles. The molecule has 2 N–H and O–H groups in total. The minimum Gasteiger partial charge on any atom is -0.508 e. The normalized spacial score (nSPS) is 21.3. The van der Waals surface area contributed by atoms with E-state index in [4.69, 9.17) is 14.5 Å². The van der Waals surface area contributed by atoms with Crippen LogP contribution in [0.3, 0.4) is 0 Å². The Bertz CT molecular complexity index is 1150. The van der Waals surface area contributed by atoms with Crippen molar-refractivity contribution in [3.63, 3.8) is 0 Å². The summed E-state index contributed by atoms with van der Waals surface area (Å²) in [4.78, 5) is 16.1. The predicted molar refractivity (Wildman–Crippen MR) is 116 cm³/mol. The molecule has 0 amide bonds. The highest BCUT2D eigenvalue weighted by molar-refractivity contribution is 6.01. The molecular weight excluding hydrogens is 413 g/mol. The number of benzene rings is 2. The number of fused-ring (bicyclic) bond motifs is 1. The number of hydrogen-bond acceptors (Lipinski definition) is 5. The zero-order valence-electron chi connectivity index (χ0n) is 17.5. The zero-order chi connectivity index (χ0) is 22.2. The fourth-order valence-corrected chi connectivity index (χ4v) is 4.59. The van der Waals surface area contributed by atoms with E-state index in [-0.39, 0.29) is 23.6 Å². The first-order chi connectivity index (χ1) is 15.5. The molecule has 0 unspecified atom stereocenters. The second-order valence-electron chi connectivity index (χ2n) is 8.55. The number of phenols is 1. The number of aromatic nitrogens is 1. The van der Waals surface area contributed by atoms with Crippen LogP contribution in [0, 0.1) is 11.7 Å². The SMILES string of the molecule is O=C(O)[C@H]1C[C@H](Oc2nc(C3CCOCC3)c(-c3ccc(F)cc3)c3ccc(O)cc23)C1. The van der Waals surface area contributed by atoms with Gasteiger partial charge in [0.2, 0.25) is 5.88 Å². The van der Waals surface area contributed by atoms with Gasteiger partial charge in [0.1, 0.15) is 17.7 Å². The maximum absolute atomic E-state index is 13.6. The number of carbonyl (C=O) groups is 1. The highest BCUT2D eigenvalue weighted by Crippen LogP contribution is 2.43. The van der Waals surface area contributed by atoms with Crippen molar-refractivity contribution >= 4 is 16.7 Å². The van der Waals surface area contributed by atoms with Gasteiger partial charge in [0.25, 0.3) is 0 Å². The van der Waals surface area contributed by atoms with Gasteiger partial charge in [-0.2, -0.15) is 0 Å². The van der Waals surface area contributed by atoms with E-state index >= 15 is 0 Å². The molecule has 32 heavy (non-hydrogen) atoms. The number of phenolic OH excluding ortho intramolecular Hbond substituents is 1. The van der Waals surface area contributed by atoms with Crippen molar-refractivity contribution in [1.29, 1.82) is 0 Å². The van der Waals surface area contributed by atoms with Crippen molar-refractivity contribution in [1.82, 2.24) is 4.98 Å². The van der Waals surface area contributed by atoms with Crippen LogP contribution in [0.2, 0.25) is 0 Å². The molecule has 1 aliphatic heterocycles. The van der Waals surface area contributed by atoms with E-state index in [2.05, 4.69) is 0 Å². The Morgan fingerprint density at radius 1 is 1.06 bits per heavy atom. The summed E-state index contributed by atoms with van der Waals surface area (Å²) in [6, 6.07) is 11.4. The van der Waals surface area contributed by atoms with Crippen LogP contribution in [0.15, 0.2) is 42.5 Å². The van der Waals surface area contributed by atoms with Gasteiger partial charge in [-0.3, -0.25) is 4.79 Å². The maximum Gasteiger partial charge on any atom is 0.306 e. The molecule has 1 saturated heterocycles. The Kier molecular flexibility index (Phi) is 5.43. The second-order valence-corrected chi connectivity index (χ2v) is 8.55. The van der Waals surface area contributed by atoms with Gasteiger partial charge in [-0.1, -0.05) is 12.1 Å². The van der Waals surface area contributed by atoms with Gasteiger partial charge in [-0.25, -0.2) is 9.37 Å². The number of hydrogen-bond donors (Lipinski definition) is 2. The average molecular weight is 437 g/mol. The number of ether oxygens (including phenoxy) is 2. The topological polar surface area (TPSA) is 88.9 Å². The first kappa shape index (κ1) is 20.7. The summed E-state index contributed by atoms with van der Waals surface area (Å²) in [5, 5.41) is 20.9. The van der Waals surface area contributed by atoms with E-state index in [1.54, 1.807) is 24.3 Å². The van der Waals surface area contributed by atoms with Crippen LogP contribution in [0.4, 0.5) is 4.39 Å². The Morgan fingerprint density at radius 3 is 2.47 bits per heavy atom. The third-order valence-electron chi connectivity index (χ3n) is 6.44. The second kappa shape index (κ2) is 8.39. The average Bonchev–Trinajstić information content (AvgIpc) is 2.76. The summed E-state index contributed by atoms with van der Waals surface area (Å²) < 4.78 is 25.3. The predicted octanol–water partition coefficient (Wildman–Crippen LogP) is 4.88. The molecular formula is C25H24FNO5. The minimum atomic E-state index is -0.810. The molecule has 0 spiro atoms. The van der Waals surface area contributed by atoms with Crippen LogP contribution >= 0.6 is 0 Å². The molecule has 2 fully saturated rings. The van der Waals surface area contributed by atoms with Crippen molar-refractivity contribution in [3.8, 4) is 22.8 Å². The summed E-state index contributed by atoms with van der Waals surface area (Å²) in [6.07, 6.45) is 2.27. The molecule has 5 rings (SSSR count). The summed E-state index contributed by atoms with van der Waals surface area (Å²) in [5.41, 5.74) is 2.61. The smallest absolute Gasteiger partial charge is 0.306 e. The summed E-state index contributed by atoms with van der Waals surface area (Å²) in [5.74, 6) is -0.878. The molecule has 0 atom stereocenters. The number of rotatable bonds is 5. The first-order valence-corrected chi connectivity index (χ1v) is 10.9.